The van der Waals surface area contributed by atoms with E-state index in [4.69, 9.17) is 13.9 Å². The number of aryl methyl sites for hydroxylation is 1. The van der Waals surface area contributed by atoms with E-state index in [1.807, 2.05) is 26.0 Å². The van der Waals surface area contributed by atoms with Crippen LogP contribution in [0.4, 0.5) is 0 Å². The Labute approximate surface area is 177 Å². The topological polar surface area (TPSA) is 60.7 Å². The fourth-order valence-electron chi connectivity index (χ4n) is 3.34. The van der Waals surface area contributed by atoms with Gasteiger partial charge in [0.2, 0.25) is 5.91 Å². The van der Waals surface area contributed by atoms with E-state index >= 15 is 0 Å². The van der Waals surface area contributed by atoms with Gasteiger partial charge in [-0.1, -0.05) is 29.8 Å². The molecule has 0 spiro atoms. The van der Waals surface area contributed by atoms with Crippen LogP contribution in [-0.4, -0.2) is 32.8 Å². The number of amides is 1. The van der Waals surface area contributed by atoms with Gasteiger partial charge in [0.05, 0.1) is 13.4 Å². The van der Waals surface area contributed by atoms with Gasteiger partial charge < -0.3 is 19.2 Å². The Hall–Kier alpha value is -3.05. The van der Waals surface area contributed by atoms with Crippen molar-refractivity contribution in [3.63, 3.8) is 0 Å². The summed E-state index contributed by atoms with van der Waals surface area (Å²) in [5.74, 6) is 0.544. The highest BCUT2D eigenvalue weighted by atomic mass is 16.5. The van der Waals surface area contributed by atoms with Crippen molar-refractivity contribution in [1.82, 2.24) is 5.32 Å². The van der Waals surface area contributed by atoms with Gasteiger partial charge in [0.1, 0.15) is 11.3 Å². The number of fused-ring (bicyclic) bond motifs is 1. The molecule has 0 aliphatic rings. The molecule has 0 fully saturated rings. The number of hydrogen-bond acceptors (Lipinski definition) is 4. The maximum atomic E-state index is 12.3. The number of allylic oxidation sites excluding steroid dienone is 1. The fraction of sp³-hybridized carbons (Fsp3) is 0.320. The lowest BCUT2D eigenvalue weighted by molar-refractivity contribution is -0.116. The van der Waals surface area contributed by atoms with Gasteiger partial charge in [-0.25, -0.2) is 0 Å². The molecule has 0 bridgehead atoms. The van der Waals surface area contributed by atoms with Crippen molar-refractivity contribution in [2.75, 3.05) is 26.9 Å². The van der Waals surface area contributed by atoms with Gasteiger partial charge in [-0.2, -0.15) is 0 Å². The van der Waals surface area contributed by atoms with Crippen molar-refractivity contribution >= 4 is 22.4 Å². The predicted molar refractivity (Wildman–Crippen MR) is 121 cm³/mol. The van der Waals surface area contributed by atoms with E-state index in [0.29, 0.717) is 25.5 Å². The van der Waals surface area contributed by atoms with Crippen LogP contribution in [0, 0.1) is 6.92 Å². The van der Waals surface area contributed by atoms with E-state index in [1.54, 1.807) is 19.4 Å². The lowest BCUT2D eigenvalue weighted by Crippen LogP contribution is -2.23. The Morgan fingerprint density at radius 2 is 1.97 bits per heavy atom. The molecular weight excluding hydrogens is 378 g/mol. The first-order chi connectivity index (χ1) is 14.5. The fourth-order valence-corrected chi connectivity index (χ4v) is 3.34. The summed E-state index contributed by atoms with van der Waals surface area (Å²) in [5.41, 5.74) is 5.75. The predicted octanol–water partition coefficient (Wildman–Crippen LogP) is 5.36. The van der Waals surface area contributed by atoms with Crippen molar-refractivity contribution < 1.29 is 18.7 Å². The Morgan fingerprint density at radius 3 is 2.67 bits per heavy atom. The second-order valence-corrected chi connectivity index (χ2v) is 7.23. The third kappa shape index (κ3) is 5.10. The molecule has 0 saturated carbocycles. The quantitative estimate of drug-likeness (QED) is 0.383. The maximum absolute atomic E-state index is 12.3. The zero-order chi connectivity index (χ0) is 21.5. The van der Waals surface area contributed by atoms with Crippen molar-refractivity contribution in [2.24, 2.45) is 0 Å². The molecule has 1 N–H and O–H groups in total. The van der Waals surface area contributed by atoms with Gasteiger partial charge in [0.25, 0.3) is 0 Å². The number of carbonyl (C=O) groups is 1. The SMILES string of the molecule is CCOCCCNC(=O)/C=C(\C)c1cc2c(-c3ccc(C)cc3)coc2cc1OC. The Morgan fingerprint density at radius 1 is 1.20 bits per heavy atom. The first-order valence-corrected chi connectivity index (χ1v) is 10.2. The number of rotatable bonds is 9. The van der Waals surface area contributed by atoms with Gasteiger partial charge in [-0.3, -0.25) is 4.79 Å². The average molecular weight is 408 g/mol. The molecule has 2 aromatic carbocycles. The molecule has 5 nitrogen and oxygen atoms in total. The molecule has 1 aromatic heterocycles. The Bertz CT molecular complexity index is 1030. The van der Waals surface area contributed by atoms with E-state index < -0.39 is 0 Å². The molecule has 5 heteroatoms. The zero-order valence-corrected chi connectivity index (χ0v) is 18.1. The molecular formula is C25H29NO4. The monoisotopic (exact) mass is 407 g/mol. The molecule has 0 atom stereocenters. The van der Waals surface area contributed by atoms with Gasteiger partial charge in [-0.05, 0) is 44.4 Å². The first-order valence-electron chi connectivity index (χ1n) is 10.2. The summed E-state index contributed by atoms with van der Waals surface area (Å²) in [7, 11) is 1.62. The normalized spacial score (nSPS) is 11.7. The molecule has 30 heavy (non-hydrogen) atoms. The van der Waals surface area contributed by atoms with Gasteiger partial charge in [-0.15, -0.1) is 0 Å². The van der Waals surface area contributed by atoms with E-state index in [9.17, 15) is 4.79 Å². The first kappa shape index (κ1) is 21.7. The summed E-state index contributed by atoms with van der Waals surface area (Å²) >= 11 is 0. The van der Waals surface area contributed by atoms with Crippen molar-refractivity contribution in [3.8, 4) is 16.9 Å². The minimum absolute atomic E-state index is 0.128. The summed E-state index contributed by atoms with van der Waals surface area (Å²) in [6.45, 7) is 7.85. The molecule has 0 unspecified atom stereocenters. The number of furan rings is 1. The summed E-state index contributed by atoms with van der Waals surface area (Å²) in [6, 6.07) is 12.2. The second kappa shape index (κ2) is 10.1. The van der Waals surface area contributed by atoms with Crippen molar-refractivity contribution in [2.45, 2.75) is 27.2 Å². The van der Waals surface area contributed by atoms with Crippen LogP contribution in [0.1, 0.15) is 31.4 Å². The Kier molecular flexibility index (Phi) is 7.31. The highest BCUT2D eigenvalue weighted by Gasteiger charge is 2.15. The summed E-state index contributed by atoms with van der Waals surface area (Å²) in [5, 5.41) is 3.89. The van der Waals surface area contributed by atoms with E-state index in [-0.39, 0.29) is 5.91 Å². The van der Waals surface area contributed by atoms with Crippen LogP contribution in [0.5, 0.6) is 5.75 Å². The number of hydrogen-bond donors (Lipinski definition) is 1. The molecule has 3 aromatic rings. The molecule has 0 radical (unpaired) electrons. The number of carbonyl (C=O) groups excluding carboxylic acids is 1. The number of ether oxygens (including phenoxy) is 2. The highest BCUT2D eigenvalue weighted by molar-refractivity contribution is 6.00. The van der Waals surface area contributed by atoms with E-state index in [1.165, 1.54) is 5.56 Å². The van der Waals surface area contributed by atoms with Crippen LogP contribution in [-0.2, 0) is 9.53 Å². The molecule has 1 amide bonds. The third-order valence-electron chi connectivity index (χ3n) is 5.00. The van der Waals surface area contributed by atoms with Crippen LogP contribution in [0.3, 0.4) is 0 Å². The summed E-state index contributed by atoms with van der Waals surface area (Å²) in [6.07, 6.45) is 4.16. The van der Waals surface area contributed by atoms with Crippen molar-refractivity contribution in [3.05, 3.63) is 59.9 Å². The lowest BCUT2D eigenvalue weighted by atomic mass is 9.99. The number of nitrogens with one attached hydrogen (secondary N) is 1. The lowest BCUT2D eigenvalue weighted by Gasteiger charge is -2.10. The second-order valence-electron chi connectivity index (χ2n) is 7.23. The minimum atomic E-state index is -0.128. The highest BCUT2D eigenvalue weighted by Crippen LogP contribution is 2.37. The molecule has 0 aliphatic heterocycles. The van der Waals surface area contributed by atoms with Crippen LogP contribution in [0.25, 0.3) is 27.7 Å². The summed E-state index contributed by atoms with van der Waals surface area (Å²) in [4.78, 5) is 12.3. The number of benzene rings is 2. The molecule has 0 aliphatic carbocycles. The third-order valence-corrected chi connectivity index (χ3v) is 5.00. The average Bonchev–Trinajstić information content (AvgIpc) is 3.16. The molecule has 3 rings (SSSR count). The molecule has 158 valence electrons. The Balaban J connectivity index is 1.87. The smallest absolute Gasteiger partial charge is 0.244 e. The molecule has 1 heterocycles. The van der Waals surface area contributed by atoms with Gasteiger partial charge >= 0.3 is 0 Å². The van der Waals surface area contributed by atoms with Gasteiger partial charge in [0, 0.05) is 48.4 Å². The van der Waals surface area contributed by atoms with Crippen LogP contribution in [0.15, 0.2) is 53.2 Å². The molecule has 0 saturated heterocycles. The van der Waals surface area contributed by atoms with Gasteiger partial charge in [0.15, 0.2) is 0 Å². The summed E-state index contributed by atoms with van der Waals surface area (Å²) < 4.78 is 16.6. The van der Waals surface area contributed by atoms with Crippen molar-refractivity contribution in [1.29, 1.82) is 0 Å². The van der Waals surface area contributed by atoms with E-state index in [0.717, 1.165) is 39.7 Å². The number of methoxy groups -OCH3 is 1. The maximum Gasteiger partial charge on any atom is 0.244 e. The van der Waals surface area contributed by atoms with Crippen LogP contribution in [0.2, 0.25) is 0 Å². The minimum Gasteiger partial charge on any atom is -0.496 e. The van der Waals surface area contributed by atoms with Crippen LogP contribution >= 0.6 is 0 Å². The van der Waals surface area contributed by atoms with E-state index in [2.05, 4.69) is 36.5 Å². The largest absolute Gasteiger partial charge is 0.496 e. The zero-order valence-electron chi connectivity index (χ0n) is 18.1. The van der Waals surface area contributed by atoms with Crippen LogP contribution < -0.4 is 10.1 Å². The standard InChI is InChI=1S/C25H29NO4/c1-5-29-12-6-11-26-25(27)13-18(3)20-14-21-22(19-9-7-17(2)8-10-19)16-30-24(21)15-23(20)28-4/h7-10,13-16H,5-6,11-12H2,1-4H3,(H,26,27)/b18-13+.